The number of hydrogen-bond acceptors (Lipinski definition) is 7. The van der Waals surface area contributed by atoms with Crippen LogP contribution in [0.3, 0.4) is 0 Å². The highest BCUT2D eigenvalue weighted by Gasteiger charge is 2.31. The number of anilines is 2. The summed E-state index contributed by atoms with van der Waals surface area (Å²) in [5.41, 5.74) is -0.525. The number of carboxylic acid groups (broad SMARTS) is 1. The van der Waals surface area contributed by atoms with E-state index in [4.69, 9.17) is 4.74 Å². The van der Waals surface area contributed by atoms with Gasteiger partial charge in [0.1, 0.15) is 17.9 Å². The van der Waals surface area contributed by atoms with Gasteiger partial charge in [-0.25, -0.2) is 23.5 Å². The number of aromatic carboxylic acids is 1. The van der Waals surface area contributed by atoms with Gasteiger partial charge >= 0.3 is 5.97 Å². The van der Waals surface area contributed by atoms with E-state index in [0.29, 0.717) is 37.6 Å². The van der Waals surface area contributed by atoms with Crippen LogP contribution in [0.2, 0.25) is 0 Å². The Bertz CT molecular complexity index is 1290. The first-order valence-electron chi connectivity index (χ1n) is 10.1. The van der Waals surface area contributed by atoms with E-state index in [9.17, 15) is 19.1 Å². The Kier molecular flexibility index (Phi) is 4.68. The van der Waals surface area contributed by atoms with Crippen LogP contribution in [0, 0.1) is 11.6 Å². The molecule has 4 heterocycles. The molecule has 166 valence electrons. The Labute approximate surface area is 180 Å². The summed E-state index contributed by atoms with van der Waals surface area (Å²) in [5, 5.41) is 9.38. The lowest BCUT2D eigenvalue weighted by molar-refractivity contribution is 0.0694. The molecule has 1 atom stereocenters. The zero-order chi connectivity index (χ0) is 22.6. The fourth-order valence-electron chi connectivity index (χ4n) is 4.26. The van der Waals surface area contributed by atoms with Crippen molar-refractivity contribution >= 4 is 28.5 Å². The minimum atomic E-state index is -1.36. The molecule has 5 rings (SSSR count). The van der Waals surface area contributed by atoms with Crippen LogP contribution in [-0.4, -0.2) is 58.4 Å². The van der Waals surface area contributed by atoms with Gasteiger partial charge in [-0.05, 0) is 13.0 Å². The molecule has 1 saturated heterocycles. The third-order valence-electron chi connectivity index (χ3n) is 5.86. The van der Waals surface area contributed by atoms with E-state index >= 15 is 4.39 Å². The van der Waals surface area contributed by atoms with Crippen LogP contribution in [0.1, 0.15) is 23.3 Å². The fraction of sp³-hybridized carbons (Fsp3) is 0.333. The molecule has 1 N–H and O–H groups in total. The zero-order valence-corrected chi connectivity index (χ0v) is 17.1. The molecule has 2 aromatic heterocycles. The van der Waals surface area contributed by atoms with Gasteiger partial charge in [-0.15, -0.1) is 0 Å². The number of carbonyl (C=O) groups is 1. The van der Waals surface area contributed by atoms with Gasteiger partial charge in [0.05, 0.1) is 29.3 Å². The molecule has 0 amide bonds. The molecule has 2 aliphatic heterocycles. The molecule has 0 radical (unpaired) electrons. The van der Waals surface area contributed by atoms with Crippen LogP contribution in [-0.2, 0) is 0 Å². The highest BCUT2D eigenvalue weighted by molar-refractivity contribution is 5.97. The van der Waals surface area contributed by atoms with Crippen LogP contribution in [0.25, 0.3) is 10.9 Å². The van der Waals surface area contributed by atoms with Crippen molar-refractivity contribution in [3.05, 3.63) is 52.1 Å². The Morgan fingerprint density at radius 3 is 2.47 bits per heavy atom. The predicted molar refractivity (Wildman–Crippen MR) is 112 cm³/mol. The van der Waals surface area contributed by atoms with Crippen molar-refractivity contribution in [2.24, 2.45) is 0 Å². The second kappa shape index (κ2) is 7.43. The standard InChI is InChI=1S/C21H19F2N5O4/c1-11-10-32-19-16-13(18(29)14(20(30)31)9-28(11)16)6-15(23)17(19)26-2-4-27(5-3-26)21-24-7-12(22)8-25-21/h6-9,11H,2-5,10H2,1H3,(H,30,31)/t11-/m0/s1. The van der Waals surface area contributed by atoms with Crippen molar-refractivity contribution in [1.82, 2.24) is 14.5 Å². The molecule has 0 unspecified atom stereocenters. The number of hydrogen-bond donors (Lipinski definition) is 1. The summed E-state index contributed by atoms with van der Waals surface area (Å²) < 4.78 is 35.9. The van der Waals surface area contributed by atoms with Gasteiger partial charge in [0, 0.05) is 32.4 Å². The van der Waals surface area contributed by atoms with Crippen LogP contribution in [0.4, 0.5) is 20.4 Å². The number of benzene rings is 1. The monoisotopic (exact) mass is 443 g/mol. The van der Waals surface area contributed by atoms with Gasteiger partial charge < -0.3 is 24.2 Å². The predicted octanol–water partition coefficient (Wildman–Crippen LogP) is 2.05. The first kappa shape index (κ1) is 20.2. The van der Waals surface area contributed by atoms with Crippen molar-refractivity contribution in [2.45, 2.75) is 13.0 Å². The maximum absolute atomic E-state index is 15.3. The van der Waals surface area contributed by atoms with Gasteiger partial charge in [0.2, 0.25) is 11.4 Å². The zero-order valence-electron chi connectivity index (χ0n) is 17.1. The lowest BCUT2D eigenvalue weighted by Crippen LogP contribution is -2.47. The van der Waals surface area contributed by atoms with Gasteiger partial charge in [-0.3, -0.25) is 4.79 Å². The Morgan fingerprint density at radius 1 is 1.16 bits per heavy atom. The molecule has 1 aromatic carbocycles. The van der Waals surface area contributed by atoms with E-state index in [1.807, 2.05) is 16.7 Å². The Hall–Kier alpha value is -3.76. The van der Waals surface area contributed by atoms with Crippen LogP contribution < -0.4 is 20.0 Å². The highest BCUT2D eigenvalue weighted by atomic mass is 19.1. The largest absolute Gasteiger partial charge is 0.487 e. The maximum Gasteiger partial charge on any atom is 0.341 e. The topological polar surface area (TPSA) is 101 Å². The number of halogens is 2. The van der Waals surface area contributed by atoms with E-state index in [0.717, 1.165) is 18.5 Å². The molecule has 2 aliphatic rings. The van der Waals surface area contributed by atoms with Crippen molar-refractivity contribution in [2.75, 3.05) is 42.6 Å². The van der Waals surface area contributed by atoms with Gasteiger partial charge in [-0.1, -0.05) is 0 Å². The van der Waals surface area contributed by atoms with Crippen molar-refractivity contribution in [3.63, 3.8) is 0 Å². The summed E-state index contributed by atoms with van der Waals surface area (Å²) in [6.45, 7) is 3.85. The average molecular weight is 443 g/mol. The maximum atomic E-state index is 15.3. The molecule has 0 spiro atoms. The second-order valence-corrected chi connectivity index (χ2v) is 7.85. The van der Waals surface area contributed by atoms with E-state index < -0.39 is 28.6 Å². The highest BCUT2D eigenvalue weighted by Crippen LogP contribution is 2.42. The van der Waals surface area contributed by atoms with E-state index in [1.165, 1.54) is 6.20 Å². The van der Waals surface area contributed by atoms with Crippen molar-refractivity contribution < 1.29 is 23.4 Å². The summed E-state index contributed by atoms with van der Waals surface area (Å²) in [5.74, 6) is -1.90. The molecule has 0 bridgehead atoms. The Morgan fingerprint density at radius 2 is 1.81 bits per heavy atom. The smallest absolute Gasteiger partial charge is 0.341 e. The number of carboxylic acids is 1. The quantitative estimate of drug-likeness (QED) is 0.657. The molecular weight excluding hydrogens is 424 g/mol. The first-order valence-corrected chi connectivity index (χ1v) is 10.1. The lowest BCUT2D eigenvalue weighted by atomic mass is 10.1. The number of nitrogens with zero attached hydrogens (tertiary/aromatic N) is 5. The molecular formula is C21H19F2N5O4. The van der Waals surface area contributed by atoms with Gasteiger partial charge in [0.15, 0.2) is 17.4 Å². The second-order valence-electron chi connectivity index (χ2n) is 7.85. The third kappa shape index (κ3) is 3.12. The molecule has 3 aromatic rings. The summed E-state index contributed by atoms with van der Waals surface area (Å²) in [7, 11) is 0. The third-order valence-corrected chi connectivity index (χ3v) is 5.86. The van der Waals surface area contributed by atoms with Crippen molar-refractivity contribution in [3.8, 4) is 5.75 Å². The van der Waals surface area contributed by atoms with Crippen LogP contribution in [0.5, 0.6) is 5.75 Å². The van der Waals surface area contributed by atoms with E-state index in [2.05, 4.69) is 9.97 Å². The summed E-state index contributed by atoms with van der Waals surface area (Å²) in [6, 6.07) is 0.866. The SMILES string of the molecule is C[C@H]1COc2c(N3CCN(c4ncc(F)cn4)CC3)c(F)cc3c(=O)c(C(=O)O)cn1c23. The molecule has 32 heavy (non-hydrogen) atoms. The normalized spacial score (nSPS) is 18.0. The molecule has 9 nitrogen and oxygen atoms in total. The number of aromatic nitrogens is 3. The van der Waals surface area contributed by atoms with Gasteiger partial charge in [0.25, 0.3) is 0 Å². The molecule has 0 aliphatic carbocycles. The summed E-state index contributed by atoms with van der Waals surface area (Å²) in [6.07, 6.45) is 3.50. The number of pyridine rings is 1. The average Bonchev–Trinajstić information content (AvgIpc) is 2.78. The minimum Gasteiger partial charge on any atom is -0.487 e. The lowest BCUT2D eigenvalue weighted by Gasteiger charge is -2.38. The van der Waals surface area contributed by atoms with Crippen LogP contribution >= 0.6 is 0 Å². The molecule has 1 fully saturated rings. The number of piperazine rings is 1. The first-order chi connectivity index (χ1) is 15.3. The van der Waals surface area contributed by atoms with E-state index in [1.54, 1.807) is 4.57 Å². The number of ether oxygens (including phenoxy) is 1. The summed E-state index contributed by atoms with van der Waals surface area (Å²) >= 11 is 0. The van der Waals surface area contributed by atoms with Gasteiger partial charge in [-0.2, -0.15) is 0 Å². The summed E-state index contributed by atoms with van der Waals surface area (Å²) in [4.78, 5) is 35.9. The van der Waals surface area contributed by atoms with Crippen molar-refractivity contribution in [1.29, 1.82) is 0 Å². The molecule has 11 heteroatoms. The number of rotatable bonds is 3. The Balaban J connectivity index is 1.55. The minimum absolute atomic E-state index is 0.0222. The van der Waals surface area contributed by atoms with Crippen LogP contribution in [0.15, 0.2) is 29.5 Å². The molecule has 0 saturated carbocycles. The fourth-order valence-corrected chi connectivity index (χ4v) is 4.26. The van der Waals surface area contributed by atoms with E-state index in [-0.39, 0.29) is 29.5 Å².